The van der Waals surface area contributed by atoms with Crippen molar-refractivity contribution in [2.75, 3.05) is 6.61 Å². The van der Waals surface area contributed by atoms with E-state index in [2.05, 4.69) is 0 Å². The summed E-state index contributed by atoms with van der Waals surface area (Å²) in [5, 5.41) is 0. The molecule has 3 nitrogen and oxygen atoms in total. The van der Waals surface area contributed by atoms with Gasteiger partial charge in [0.15, 0.2) is 0 Å². The molecule has 0 N–H and O–H groups in total. The second kappa shape index (κ2) is 12.5. The van der Waals surface area contributed by atoms with E-state index in [1.54, 1.807) is 0 Å². The lowest BCUT2D eigenvalue weighted by Crippen LogP contribution is -2.27. The lowest BCUT2D eigenvalue weighted by atomic mass is 9.76. The van der Waals surface area contributed by atoms with Crippen molar-refractivity contribution in [2.45, 2.75) is 103 Å². The molecule has 23 heavy (non-hydrogen) atoms. The summed E-state index contributed by atoms with van der Waals surface area (Å²) >= 11 is 0. The summed E-state index contributed by atoms with van der Waals surface area (Å²) in [4.78, 5) is 23.7. The van der Waals surface area contributed by atoms with Crippen LogP contribution in [0.1, 0.15) is 103 Å². The van der Waals surface area contributed by atoms with Crippen molar-refractivity contribution in [3.8, 4) is 0 Å². The number of carbonyl (C=O) groups excluding carboxylic acids is 2. The Hall–Kier alpha value is -0.860. The number of aldehydes is 1. The third-order valence-corrected chi connectivity index (χ3v) is 5.15. The lowest BCUT2D eigenvalue weighted by Gasteiger charge is -2.27. The second-order valence-electron chi connectivity index (χ2n) is 7.20. The summed E-state index contributed by atoms with van der Waals surface area (Å²) in [5.74, 6) is -0.211. The van der Waals surface area contributed by atoms with Crippen LogP contribution in [0, 0.1) is 5.41 Å². The molecule has 0 atom stereocenters. The van der Waals surface area contributed by atoms with E-state index in [-0.39, 0.29) is 12.4 Å². The molecule has 0 bridgehead atoms. The van der Waals surface area contributed by atoms with Crippen LogP contribution in [-0.4, -0.2) is 18.9 Å². The Kier molecular flexibility index (Phi) is 11.0. The monoisotopic (exact) mass is 324 g/mol. The highest BCUT2D eigenvalue weighted by atomic mass is 16.5. The Labute approximate surface area is 142 Å². The smallest absolute Gasteiger partial charge is 0.306 e. The van der Waals surface area contributed by atoms with Crippen LogP contribution in [-0.2, 0) is 14.3 Å². The molecule has 0 radical (unpaired) electrons. The van der Waals surface area contributed by atoms with E-state index in [0.29, 0.717) is 6.61 Å². The highest BCUT2D eigenvalue weighted by Gasteiger charge is 2.32. The van der Waals surface area contributed by atoms with Crippen LogP contribution in [0.15, 0.2) is 0 Å². The van der Waals surface area contributed by atoms with Crippen LogP contribution in [0.2, 0.25) is 0 Å². The van der Waals surface area contributed by atoms with E-state index < -0.39 is 5.41 Å². The molecular weight excluding hydrogens is 288 g/mol. The van der Waals surface area contributed by atoms with E-state index in [1.165, 1.54) is 64.2 Å². The van der Waals surface area contributed by atoms with E-state index in [9.17, 15) is 9.59 Å². The minimum Gasteiger partial charge on any atom is -0.466 e. The topological polar surface area (TPSA) is 43.4 Å². The SMILES string of the molecule is CCOC(=O)CC1(C=O)CCCCCCCCCCCCCC1. The van der Waals surface area contributed by atoms with Gasteiger partial charge in [0.25, 0.3) is 0 Å². The number of carbonyl (C=O) groups is 2. The lowest BCUT2D eigenvalue weighted by molar-refractivity contribution is -0.148. The molecule has 1 aliphatic rings. The first-order valence-electron chi connectivity index (χ1n) is 9.84. The predicted octanol–water partition coefficient (Wildman–Crippen LogP) is 5.60. The molecule has 0 spiro atoms. The molecule has 1 aliphatic carbocycles. The molecule has 0 heterocycles. The van der Waals surface area contributed by atoms with Gasteiger partial charge in [0.2, 0.25) is 0 Å². The van der Waals surface area contributed by atoms with Gasteiger partial charge in [-0.05, 0) is 19.8 Å². The van der Waals surface area contributed by atoms with Crippen LogP contribution in [0.25, 0.3) is 0 Å². The number of ether oxygens (including phenoxy) is 1. The number of rotatable bonds is 4. The fourth-order valence-electron chi connectivity index (χ4n) is 3.68. The molecular formula is C20H36O3. The quantitative estimate of drug-likeness (QED) is 0.499. The van der Waals surface area contributed by atoms with Crippen molar-refractivity contribution < 1.29 is 14.3 Å². The third kappa shape index (κ3) is 9.12. The zero-order valence-electron chi connectivity index (χ0n) is 15.1. The molecule has 0 unspecified atom stereocenters. The van der Waals surface area contributed by atoms with Gasteiger partial charge in [-0.15, -0.1) is 0 Å². The molecule has 0 aromatic rings. The van der Waals surface area contributed by atoms with Crippen molar-refractivity contribution in [3.05, 3.63) is 0 Å². The summed E-state index contributed by atoms with van der Waals surface area (Å²) < 4.78 is 5.10. The zero-order valence-corrected chi connectivity index (χ0v) is 15.1. The van der Waals surface area contributed by atoms with Gasteiger partial charge in [-0.2, -0.15) is 0 Å². The average Bonchev–Trinajstić information content (AvgIpc) is 2.55. The number of hydrogen-bond donors (Lipinski definition) is 0. The second-order valence-corrected chi connectivity index (χ2v) is 7.20. The minimum atomic E-state index is -0.480. The molecule has 0 amide bonds. The van der Waals surface area contributed by atoms with Crippen LogP contribution >= 0.6 is 0 Å². The molecule has 1 saturated carbocycles. The first kappa shape index (κ1) is 20.2. The predicted molar refractivity (Wildman–Crippen MR) is 94.4 cm³/mol. The van der Waals surface area contributed by atoms with Gasteiger partial charge < -0.3 is 9.53 Å². The van der Waals surface area contributed by atoms with Crippen molar-refractivity contribution in [3.63, 3.8) is 0 Å². The molecule has 1 rings (SSSR count). The first-order chi connectivity index (χ1) is 11.2. The Bertz CT molecular complexity index is 309. The largest absolute Gasteiger partial charge is 0.466 e. The maximum absolute atomic E-state index is 11.9. The van der Waals surface area contributed by atoms with Crippen LogP contribution < -0.4 is 0 Å². The standard InChI is InChI=1S/C20H36O3/c1-2-23-19(22)17-20(18-21)15-13-11-9-7-5-3-4-6-8-10-12-14-16-20/h18H,2-17H2,1H3. The van der Waals surface area contributed by atoms with E-state index in [1.807, 2.05) is 6.92 Å². The Morgan fingerprint density at radius 2 is 1.22 bits per heavy atom. The third-order valence-electron chi connectivity index (χ3n) is 5.15. The summed E-state index contributed by atoms with van der Waals surface area (Å²) in [6.07, 6.45) is 18.1. The van der Waals surface area contributed by atoms with Crippen LogP contribution in [0.4, 0.5) is 0 Å². The van der Waals surface area contributed by atoms with Gasteiger partial charge in [0.1, 0.15) is 6.29 Å². The van der Waals surface area contributed by atoms with Gasteiger partial charge in [0, 0.05) is 5.41 Å². The van der Waals surface area contributed by atoms with Gasteiger partial charge in [0.05, 0.1) is 13.0 Å². The first-order valence-corrected chi connectivity index (χ1v) is 9.84. The Balaban J connectivity index is 2.58. The van der Waals surface area contributed by atoms with Gasteiger partial charge in [-0.3, -0.25) is 4.79 Å². The summed E-state index contributed by atoms with van der Waals surface area (Å²) in [7, 11) is 0. The van der Waals surface area contributed by atoms with Gasteiger partial charge in [-0.1, -0.05) is 77.0 Å². The molecule has 0 saturated heterocycles. The maximum atomic E-state index is 11.9. The van der Waals surface area contributed by atoms with Gasteiger partial charge in [-0.25, -0.2) is 0 Å². The Morgan fingerprint density at radius 3 is 1.57 bits per heavy atom. The fraction of sp³-hybridized carbons (Fsp3) is 0.900. The number of hydrogen-bond acceptors (Lipinski definition) is 3. The summed E-state index contributed by atoms with van der Waals surface area (Å²) in [6, 6.07) is 0. The molecule has 134 valence electrons. The molecule has 0 aliphatic heterocycles. The normalized spacial score (nSPS) is 21.6. The summed E-state index contributed by atoms with van der Waals surface area (Å²) in [5.41, 5.74) is -0.480. The zero-order chi connectivity index (χ0) is 16.8. The fourth-order valence-corrected chi connectivity index (χ4v) is 3.68. The van der Waals surface area contributed by atoms with E-state index in [4.69, 9.17) is 4.74 Å². The summed E-state index contributed by atoms with van der Waals surface area (Å²) in [6.45, 7) is 2.22. The highest BCUT2D eigenvalue weighted by Crippen LogP contribution is 2.34. The molecule has 0 aromatic carbocycles. The van der Waals surface area contributed by atoms with E-state index >= 15 is 0 Å². The van der Waals surface area contributed by atoms with E-state index in [0.717, 1.165) is 32.0 Å². The van der Waals surface area contributed by atoms with Crippen LogP contribution in [0.3, 0.4) is 0 Å². The minimum absolute atomic E-state index is 0.211. The van der Waals surface area contributed by atoms with Crippen molar-refractivity contribution >= 4 is 12.3 Å². The molecule has 1 fully saturated rings. The molecule has 3 heteroatoms. The van der Waals surface area contributed by atoms with Gasteiger partial charge >= 0.3 is 5.97 Å². The average molecular weight is 325 g/mol. The van der Waals surface area contributed by atoms with Crippen LogP contribution in [0.5, 0.6) is 0 Å². The van der Waals surface area contributed by atoms with Crippen molar-refractivity contribution in [2.24, 2.45) is 5.41 Å². The van der Waals surface area contributed by atoms with Crippen molar-refractivity contribution in [1.29, 1.82) is 0 Å². The number of esters is 1. The Morgan fingerprint density at radius 1 is 0.826 bits per heavy atom. The highest BCUT2D eigenvalue weighted by molar-refractivity contribution is 5.76. The maximum Gasteiger partial charge on any atom is 0.306 e. The molecule has 0 aromatic heterocycles. The van der Waals surface area contributed by atoms with Crippen molar-refractivity contribution in [1.82, 2.24) is 0 Å².